The van der Waals surface area contributed by atoms with E-state index in [1.807, 2.05) is 55.4 Å². The predicted molar refractivity (Wildman–Crippen MR) is 262 cm³/mol. The molecule has 5 heterocycles. The molecule has 0 amide bonds. The van der Waals surface area contributed by atoms with Crippen LogP contribution in [0.4, 0.5) is 17.6 Å². The van der Waals surface area contributed by atoms with Gasteiger partial charge in [-0.1, -0.05) is 76.2 Å². The van der Waals surface area contributed by atoms with E-state index in [1.165, 1.54) is 0 Å². The SMILES string of the molecule is CC(C)COC(=O)c1cc2c(F)c(c1)-c1cn(nn1)-c1cc(C(=O)OCC(C)C)cc(c1F)-n1cc(nn1)-c1cc(C(=O)OCC(C)C)cc(c1F)-c1cn(nn1)-c1cc(C(=O)OCC(C)C)cc(c1F)-n1cc-2nn1. The molecule has 4 aromatic carbocycles. The highest BCUT2D eigenvalue weighted by molar-refractivity contribution is 5.95. The third-order valence-corrected chi connectivity index (χ3v) is 11.4. The van der Waals surface area contributed by atoms with Gasteiger partial charge in [-0.15, -0.1) is 20.4 Å². The molecule has 4 aromatic heterocycles. The Labute approximate surface area is 430 Å². The minimum atomic E-state index is -1.07. The van der Waals surface area contributed by atoms with Crippen LogP contribution in [0.15, 0.2) is 73.3 Å². The Balaban J connectivity index is 1.31. The minimum Gasteiger partial charge on any atom is -0.462 e. The topological polar surface area (TPSA) is 228 Å². The largest absolute Gasteiger partial charge is 0.462 e. The molecule has 24 heteroatoms. The lowest BCUT2D eigenvalue weighted by Gasteiger charge is -2.13. The first-order chi connectivity index (χ1) is 36.2. The molecule has 1 aliphatic heterocycles. The van der Waals surface area contributed by atoms with Crippen molar-refractivity contribution in [3.63, 3.8) is 0 Å². The van der Waals surface area contributed by atoms with Crippen molar-refractivity contribution in [1.29, 1.82) is 0 Å². The van der Waals surface area contributed by atoms with E-state index in [4.69, 9.17) is 18.9 Å². The van der Waals surface area contributed by atoms with Gasteiger partial charge in [-0.25, -0.2) is 55.5 Å². The van der Waals surface area contributed by atoms with Crippen molar-refractivity contribution < 1.29 is 55.7 Å². The van der Waals surface area contributed by atoms with Gasteiger partial charge < -0.3 is 18.9 Å². The summed E-state index contributed by atoms with van der Waals surface area (Å²) in [5, 5.41) is 32.9. The molecule has 0 atom stereocenters. The summed E-state index contributed by atoms with van der Waals surface area (Å²) in [4.78, 5) is 54.5. The quantitative estimate of drug-likeness (QED) is 0.0632. The summed E-state index contributed by atoms with van der Waals surface area (Å²) >= 11 is 0. The van der Waals surface area contributed by atoms with E-state index in [0.717, 1.165) is 92.0 Å². The van der Waals surface area contributed by atoms with Crippen LogP contribution < -0.4 is 0 Å². The van der Waals surface area contributed by atoms with Crippen molar-refractivity contribution in [2.45, 2.75) is 55.4 Å². The number of nitrogens with zero attached hydrogens (tertiary/aromatic N) is 12. The number of carbonyl (C=O) groups excluding carboxylic acids is 4. The Morgan fingerprint density at radius 3 is 0.789 bits per heavy atom. The third kappa shape index (κ3) is 10.5. The van der Waals surface area contributed by atoms with Gasteiger partial charge in [0.1, 0.15) is 57.2 Å². The molecule has 20 nitrogen and oxygen atoms in total. The first-order valence-corrected chi connectivity index (χ1v) is 24.0. The standard InChI is InChI=1S/C52H48F4N12O8/c1-25(2)21-73-49(69)29-9-33-37-17-65(61-57-37)41-13-31(51(71)75-23-27(5)6)15-43(47(41)55)67-19-39(59-63-67)35-11-30(50(70)74-22-26(3)4)12-36(46(35)54)40-20-68(64-60-40)44-16-32(52(72)76-24-28(7)8)14-42(48(44)56)66-18-38(58-62-66)34(10-29)45(33)53/h9-20,25-28H,21-24H2,1-8H3. The van der Waals surface area contributed by atoms with E-state index < -0.39 is 69.9 Å². The molecule has 392 valence electrons. The summed E-state index contributed by atoms with van der Waals surface area (Å²) < 4.78 is 94.5. The molecule has 0 saturated carbocycles. The lowest BCUT2D eigenvalue weighted by molar-refractivity contribution is 0.0450. The fraction of sp³-hybridized carbons (Fsp3) is 0.308. The summed E-state index contributed by atoms with van der Waals surface area (Å²) in [5.74, 6) is -7.97. The number of hydrogen-bond acceptors (Lipinski definition) is 16. The number of hydrogen-bond donors (Lipinski definition) is 0. The lowest BCUT2D eigenvalue weighted by Crippen LogP contribution is -2.13. The average molecular weight is 1050 g/mol. The number of aromatic nitrogens is 12. The van der Waals surface area contributed by atoms with Crippen LogP contribution in [-0.4, -0.2) is 110 Å². The molecule has 1 aliphatic rings. The fourth-order valence-electron chi connectivity index (χ4n) is 7.64. The Morgan fingerprint density at radius 2 is 0.579 bits per heavy atom. The van der Waals surface area contributed by atoms with Gasteiger partial charge in [0.05, 0.1) is 73.5 Å². The van der Waals surface area contributed by atoms with Gasteiger partial charge in [0.2, 0.25) is 0 Å². The smallest absolute Gasteiger partial charge is 0.338 e. The van der Waals surface area contributed by atoms with Crippen LogP contribution in [-0.2, 0) is 18.9 Å². The van der Waals surface area contributed by atoms with Crippen LogP contribution in [0.3, 0.4) is 0 Å². The zero-order valence-corrected chi connectivity index (χ0v) is 42.2. The molecule has 0 radical (unpaired) electrons. The van der Waals surface area contributed by atoms with Gasteiger partial charge in [0.15, 0.2) is 11.6 Å². The summed E-state index contributed by atoms with van der Waals surface area (Å²) in [5.41, 5.74) is -4.77. The van der Waals surface area contributed by atoms with Gasteiger partial charge >= 0.3 is 23.9 Å². The minimum absolute atomic E-state index is 0.00215. The molecule has 9 rings (SSSR count). The van der Waals surface area contributed by atoms with Gasteiger partial charge in [0, 0.05) is 22.3 Å². The van der Waals surface area contributed by atoms with E-state index in [1.54, 1.807) is 0 Å². The van der Waals surface area contributed by atoms with Crippen molar-refractivity contribution >= 4 is 23.9 Å². The second-order valence-electron chi connectivity index (χ2n) is 19.6. The highest BCUT2D eigenvalue weighted by Gasteiger charge is 2.29. The Hall–Kier alpha value is -8.96. The maximum absolute atomic E-state index is 17.2. The molecular formula is C52H48F4N12O8. The van der Waals surface area contributed by atoms with Crippen molar-refractivity contribution in [2.24, 2.45) is 23.7 Å². The van der Waals surface area contributed by atoms with E-state index in [0.29, 0.717) is 0 Å². The van der Waals surface area contributed by atoms with Gasteiger partial charge in [-0.2, -0.15) is 0 Å². The first kappa shape index (κ1) is 51.9. The van der Waals surface area contributed by atoms with Crippen LogP contribution in [0.1, 0.15) is 96.8 Å². The highest BCUT2D eigenvalue weighted by atomic mass is 19.1. The van der Waals surface area contributed by atoms with Gasteiger partial charge in [-0.05, 0) is 72.2 Å². The molecule has 0 fully saturated rings. The molecule has 0 aliphatic carbocycles. The maximum atomic E-state index is 17.2. The average Bonchev–Trinajstić information content (AvgIpc) is 4.25. The Morgan fingerprint density at radius 1 is 0.368 bits per heavy atom. The van der Waals surface area contributed by atoms with Crippen molar-refractivity contribution in [3.8, 4) is 67.8 Å². The fourth-order valence-corrected chi connectivity index (χ4v) is 7.64. The molecule has 0 unspecified atom stereocenters. The number of fused-ring (bicyclic) bond motifs is 24. The molecule has 8 aromatic rings. The van der Waals surface area contributed by atoms with Crippen LogP contribution in [0.5, 0.6) is 0 Å². The van der Waals surface area contributed by atoms with E-state index in [9.17, 15) is 19.2 Å². The van der Waals surface area contributed by atoms with Crippen LogP contribution in [0.2, 0.25) is 0 Å². The summed E-state index contributed by atoms with van der Waals surface area (Å²) in [7, 11) is 0. The van der Waals surface area contributed by atoms with Gasteiger partial charge in [0.25, 0.3) is 0 Å². The lowest BCUT2D eigenvalue weighted by atomic mass is 10.0. The molecule has 76 heavy (non-hydrogen) atoms. The monoisotopic (exact) mass is 1040 g/mol. The predicted octanol–water partition coefficient (Wildman–Crippen LogP) is 8.80. The zero-order valence-electron chi connectivity index (χ0n) is 42.2. The number of benzene rings is 4. The first-order valence-electron chi connectivity index (χ1n) is 24.0. The summed E-state index contributed by atoms with van der Waals surface area (Å²) in [6, 6.07) is 9.08. The van der Waals surface area contributed by atoms with Crippen molar-refractivity contribution in [1.82, 2.24) is 60.0 Å². The Kier molecular flexibility index (Phi) is 14.4. The molecule has 0 saturated heterocycles. The second-order valence-corrected chi connectivity index (χ2v) is 19.6. The van der Waals surface area contributed by atoms with Crippen molar-refractivity contribution in [2.75, 3.05) is 26.4 Å². The molecule has 0 spiro atoms. The summed E-state index contributed by atoms with van der Waals surface area (Å²) in [6.45, 7) is 14.5. The number of ether oxygens (including phenoxy) is 4. The molecule has 0 N–H and O–H groups in total. The zero-order chi connectivity index (χ0) is 54.3. The van der Waals surface area contributed by atoms with Crippen LogP contribution in [0.25, 0.3) is 67.8 Å². The van der Waals surface area contributed by atoms with E-state index in [2.05, 4.69) is 41.2 Å². The molecular weight excluding hydrogens is 997 g/mol. The number of carbonyl (C=O) groups is 4. The number of rotatable bonds is 12. The van der Waals surface area contributed by atoms with Crippen LogP contribution >= 0.6 is 0 Å². The second kappa shape index (κ2) is 21.1. The van der Waals surface area contributed by atoms with E-state index in [-0.39, 0.29) is 117 Å². The van der Waals surface area contributed by atoms with Gasteiger partial charge in [-0.3, -0.25) is 0 Å². The summed E-state index contributed by atoms with van der Waals surface area (Å²) in [6.07, 6.45) is 4.54. The number of halogens is 4. The van der Waals surface area contributed by atoms with Crippen molar-refractivity contribution in [3.05, 3.63) is 119 Å². The number of esters is 4. The maximum Gasteiger partial charge on any atom is 0.338 e. The third-order valence-electron chi connectivity index (χ3n) is 11.4. The normalized spacial score (nSPS) is 11.8. The Bertz CT molecular complexity index is 2960. The highest BCUT2D eigenvalue weighted by Crippen LogP contribution is 2.36. The van der Waals surface area contributed by atoms with E-state index >= 15 is 17.6 Å². The van der Waals surface area contributed by atoms with Crippen LogP contribution in [0, 0.1) is 46.9 Å². The molecule has 16 bridgehead atoms.